The average molecular weight is 356 g/mol. The molecule has 0 unspecified atom stereocenters. The molecule has 0 aromatic heterocycles. The van der Waals surface area contributed by atoms with Crippen molar-refractivity contribution in [2.24, 2.45) is 5.10 Å². The number of aromatic hydroxyl groups is 1. The Bertz CT molecular complexity index is 563. The molecule has 25 heavy (non-hydrogen) atoms. The normalized spacial score (nSPS) is 9.80. The number of hydrogen-bond donors (Lipinski definition) is 7. The summed E-state index contributed by atoms with van der Waals surface area (Å²) < 4.78 is 0. The quantitative estimate of drug-likeness (QED) is 0.137. The highest BCUT2D eigenvalue weighted by Crippen LogP contribution is 2.07. The summed E-state index contributed by atoms with van der Waals surface area (Å²) in [5.41, 5.74) is 3.08. The van der Waals surface area contributed by atoms with Crippen LogP contribution in [0.15, 0.2) is 29.4 Å². The van der Waals surface area contributed by atoms with E-state index in [4.69, 9.17) is 30.0 Å². The van der Waals surface area contributed by atoms with E-state index in [0.717, 1.165) is 5.56 Å². The molecule has 11 heteroatoms. The molecule has 0 bridgehead atoms. The highest BCUT2D eigenvalue weighted by atomic mass is 16.4. The Balaban J connectivity index is 0.000000823. The Labute approximate surface area is 143 Å². The molecule has 0 radical (unpaired) electrons. The minimum atomic E-state index is -1.82. The van der Waals surface area contributed by atoms with Gasteiger partial charge in [0, 0.05) is 19.6 Å². The average Bonchev–Trinajstić information content (AvgIpc) is 2.57. The van der Waals surface area contributed by atoms with Gasteiger partial charge in [-0.1, -0.05) is 0 Å². The number of carbonyl (C=O) groups excluding carboxylic acids is 1. The van der Waals surface area contributed by atoms with Crippen LogP contribution in [0.4, 0.5) is 4.79 Å². The molecule has 0 saturated carbocycles. The highest BCUT2D eigenvalue weighted by Gasteiger charge is 2.04. The maximum atomic E-state index is 11.3. The maximum Gasteiger partial charge on any atom is 0.414 e. The number of phenols is 1. The van der Waals surface area contributed by atoms with Crippen LogP contribution in [0.2, 0.25) is 0 Å². The standard InChI is InChI=1S/C12H18N4O3.C2H2O4/c17-8-7-13-5-6-14-12(19)16-15-9-10-1-3-11(18)4-2-10;3-1(4)2(5)6/h1-4,9,13,17-18H,5-8H2,(H2,14,16,19);(H,3,4)(H,5,6)/b15-9+;. The Hall–Kier alpha value is -3.18. The number of amides is 2. The smallest absolute Gasteiger partial charge is 0.414 e. The van der Waals surface area contributed by atoms with Gasteiger partial charge >= 0.3 is 18.0 Å². The van der Waals surface area contributed by atoms with Gasteiger partial charge in [-0.05, 0) is 29.8 Å². The van der Waals surface area contributed by atoms with Gasteiger partial charge in [0.1, 0.15) is 5.75 Å². The topological polar surface area (TPSA) is 181 Å². The summed E-state index contributed by atoms with van der Waals surface area (Å²) >= 11 is 0. The summed E-state index contributed by atoms with van der Waals surface area (Å²) in [5.74, 6) is -3.47. The van der Waals surface area contributed by atoms with E-state index in [9.17, 15) is 4.79 Å². The van der Waals surface area contributed by atoms with Gasteiger partial charge in [0.15, 0.2) is 0 Å². The minimum absolute atomic E-state index is 0.0725. The zero-order chi connectivity index (χ0) is 19.1. The number of aliphatic hydroxyl groups is 1. The van der Waals surface area contributed by atoms with E-state index in [0.29, 0.717) is 19.6 Å². The molecule has 0 aliphatic rings. The number of nitrogens with one attached hydrogen (secondary N) is 3. The summed E-state index contributed by atoms with van der Waals surface area (Å²) in [7, 11) is 0. The molecule has 0 atom stereocenters. The first-order valence-corrected chi connectivity index (χ1v) is 7.00. The molecule has 0 fully saturated rings. The third kappa shape index (κ3) is 13.0. The molecule has 1 aromatic rings. The monoisotopic (exact) mass is 356 g/mol. The second-order valence-corrected chi connectivity index (χ2v) is 4.30. The van der Waals surface area contributed by atoms with Crippen LogP contribution in [-0.4, -0.2) is 70.9 Å². The van der Waals surface area contributed by atoms with Gasteiger partial charge in [-0.25, -0.2) is 19.8 Å². The van der Waals surface area contributed by atoms with Gasteiger partial charge in [0.05, 0.1) is 12.8 Å². The number of carboxylic acids is 2. The Morgan fingerprint density at radius 2 is 1.60 bits per heavy atom. The Kier molecular flexibility index (Phi) is 11.6. The van der Waals surface area contributed by atoms with E-state index in [1.165, 1.54) is 18.3 Å². The number of carboxylic acid groups (broad SMARTS) is 2. The molecule has 138 valence electrons. The van der Waals surface area contributed by atoms with Crippen molar-refractivity contribution in [3.63, 3.8) is 0 Å². The zero-order valence-electron chi connectivity index (χ0n) is 13.2. The largest absolute Gasteiger partial charge is 0.508 e. The predicted octanol–water partition coefficient (Wildman–Crippen LogP) is -1.24. The van der Waals surface area contributed by atoms with Crippen molar-refractivity contribution < 1.29 is 34.8 Å². The fraction of sp³-hybridized carbons (Fsp3) is 0.286. The van der Waals surface area contributed by atoms with Crippen LogP contribution in [0.25, 0.3) is 0 Å². The summed E-state index contributed by atoms with van der Waals surface area (Å²) in [6.07, 6.45) is 1.48. The van der Waals surface area contributed by atoms with Gasteiger partial charge in [0.2, 0.25) is 0 Å². The lowest BCUT2D eigenvalue weighted by molar-refractivity contribution is -0.159. The number of urea groups is 1. The number of hydrazone groups is 1. The molecule has 0 aliphatic heterocycles. The van der Waals surface area contributed by atoms with Crippen molar-refractivity contribution in [2.75, 3.05) is 26.2 Å². The number of phenolic OH excluding ortho intramolecular Hbond substituents is 1. The zero-order valence-corrected chi connectivity index (χ0v) is 13.2. The molecule has 1 rings (SSSR count). The van der Waals surface area contributed by atoms with Crippen LogP contribution >= 0.6 is 0 Å². The molecule has 1 aromatic carbocycles. The maximum absolute atomic E-state index is 11.3. The fourth-order valence-electron chi connectivity index (χ4n) is 1.23. The van der Waals surface area contributed by atoms with Crippen LogP contribution in [0.1, 0.15) is 5.56 Å². The van der Waals surface area contributed by atoms with Crippen molar-refractivity contribution in [2.45, 2.75) is 0 Å². The highest BCUT2D eigenvalue weighted by molar-refractivity contribution is 6.27. The second-order valence-electron chi connectivity index (χ2n) is 4.30. The van der Waals surface area contributed by atoms with Gasteiger partial charge in [-0.2, -0.15) is 5.10 Å². The molecule has 0 heterocycles. The van der Waals surface area contributed by atoms with Crippen LogP contribution in [0.3, 0.4) is 0 Å². The van der Waals surface area contributed by atoms with E-state index in [1.54, 1.807) is 12.1 Å². The van der Waals surface area contributed by atoms with Crippen molar-refractivity contribution in [3.8, 4) is 5.75 Å². The molecule has 0 spiro atoms. The predicted molar refractivity (Wildman–Crippen MR) is 87.5 cm³/mol. The van der Waals surface area contributed by atoms with E-state index < -0.39 is 18.0 Å². The summed E-state index contributed by atoms with van der Waals surface area (Å²) in [4.78, 5) is 29.5. The number of hydrogen-bond acceptors (Lipinski definition) is 7. The Morgan fingerprint density at radius 3 is 2.12 bits per heavy atom. The molecule has 2 amide bonds. The van der Waals surface area contributed by atoms with Crippen molar-refractivity contribution >= 4 is 24.2 Å². The molecule has 0 saturated heterocycles. The molecule has 7 N–H and O–H groups in total. The number of carbonyl (C=O) groups is 3. The van der Waals surface area contributed by atoms with E-state index in [-0.39, 0.29) is 12.4 Å². The fourth-order valence-corrected chi connectivity index (χ4v) is 1.23. The van der Waals surface area contributed by atoms with Gasteiger partial charge in [0.25, 0.3) is 0 Å². The molecular weight excluding hydrogens is 336 g/mol. The van der Waals surface area contributed by atoms with E-state index in [1.807, 2.05) is 0 Å². The molecule has 11 nitrogen and oxygen atoms in total. The first kappa shape index (κ1) is 21.8. The van der Waals surface area contributed by atoms with Crippen LogP contribution in [-0.2, 0) is 9.59 Å². The third-order valence-electron chi connectivity index (χ3n) is 2.33. The first-order valence-electron chi connectivity index (χ1n) is 7.00. The van der Waals surface area contributed by atoms with E-state index >= 15 is 0 Å². The lowest BCUT2D eigenvalue weighted by Gasteiger charge is -2.04. The number of aliphatic hydroxyl groups excluding tert-OH is 1. The van der Waals surface area contributed by atoms with Crippen LogP contribution in [0, 0.1) is 0 Å². The number of benzene rings is 1. The van der Waals surface area contributed by atoms with Crippen molar-refractivity contribution in [1.29, 1.82) is 0 Å². The van der Waals surface area contributed by atoms with Gasteiger partial charge in [-0.3, -0.25) is 0 Å². The lowest BCUT2D eigenvalue weighted by atomic mass is 10.2. The van der Waals surface area contributed by atoms with Crippen LogP contribution < -0.4 is 16.1 Å². The number of aliphatic carboxylic acids is 2. The summed E-state index contributed by atoms with van der Waals surface area (Å²) in [6, 6.07) is 6.03. The van der Waals surface area contributed by atoms with Crippen molar-refractivity contribution in [1.82, 2.24) is 16.1 Å². The van der Waals surface area contributed by atoms with Gasteiger partial charge in [-0.15, -0.1) is 0 Å². The van der Waals surface area contributed by atoms with E-state index in [2.05, 4.69) is 21.2 Å². The lowest BCUT2D eigenvalue weighted by Crippen LogP contribution is -2.37. The number of nitrogens with zero attached hydrogens (tertiary/aromatic N) is 1. The van der Waals surface area contributed by atoms with Crippen LogP contribution in [0.5, 0.6) is 5.75 Å². The second kappa shape index (κ2) is 13.3. The Morgan fingerprint density at radius 1 is 1.00 bits per heavy atom. The van der Waals surface area contributed by atoms with Gasteiger partial charge < -0.3 is 31.1 Å². The van der Waals surface area contributed by atoms with Crippen molar-refractivity contribution in [3.05, 3.63) is 29.8 Å². The molecule has 0 aliphatic carbocycles. The first-order chi connectivity index (χ1) is 11.9. The minimum Gasteiger partial charge on any atom is -0.508 e. The summed E-state index contributed by atoms with van der Waals surface area (Å²) in [6.45, 7) is 1.60. The third-order valence-corrected chi connectivity index (χ3v) is 2.33. The summed E-state index contributed by atoms with van der Waals surface area (Å²) in [5, 5.41) is 41.7. The number of rotatable bonds is 7. The molecular formula is C14H20N4O7. The SMILES string of the molecule is O=C(NCCNCCO)N/N=C/c1ccc(O)cc1.O=C(O)C(=O)O.